The fourth-order valence-corrected chi connectivity index (χ4v) is 6.67. The summed E-state index contributed by atoms with van der Waals surface area (Å²) in [6, 6.07) is 14.3. The Bertz CT molecular complexity index is 2080. The van der Waals surface area contributed by atoms with Crippen LogP contribution in [0, 0.1) is 0 Å². The van der Waals surface area contributed by atoms with Gasteiger partial charge in [-0.15, -0.1) is 4.99 Å². The van der Waals surface area contributed by atoms with Gasteiger partial charge in [0.2, 0.25) is 11.9 Å². The number of hydrogen-bond acceptors (Lipinski definition) is 9. The van der Waals surface area contributed by atoms with Crippen LogP contribution in [0.2, 0.25) is 0 Å². The molecule has 2 aliphatic rings. The number of carboxylic acids is 2. The Labute approximate surface area is 324 Å². The Morgan fingerprint density at radius 3 is 2.12 bits per heavy atom. The number of guanidine groups is 1. The van der Waals surface area contributed by atoms with Gasteiger partial charge in [0, 0.05) is 19.4 Å². The van der Waals surface area contributed by atoms with E-state index >= 15 is 0 Å². The number of fused-ring (bicyclic) bond motifs is 2. The third kappa shape index (κ3) is 10.1. The maximum absolute atomic E-state index is 13.7. The van der Waals surface area contributed by atoms with Gasteiger partial charge < -0.3 is 35.1 Å². The number of esters is 1. The Kier molecular flexibility index (Phi) is 11.9. The van der Waals surface area contributed by atoms with Crippen LogP contribution < -0.4 is 15.4 Å². The van der Waals surface area contributed by atoms with Crippen molar-refractivity contribution in [3.05, 3.63) is 94.0 Å². The molecule has 0 fully saturated rings. The summed E-state index contributed by atoms with van der Waals surface area (Å²) in [5.74, 6) is -3.70. The number of nitrogens with two attached hydrogens (primary N) is 1. The summed E-state index contributed by atoms with van der Waals surface area (Å²) in [5, 5.41) is 19.4. The molecular weight excluding hydrogens is 724 g/mol. The third-order valence-corrected chi connectivity index (χ3v) is 9.14. The van der Waals surface area contributed by atoms with Crippen molar-refractivity contribution in [2.24, 2.45) is 10.7 Å². The number of carboxylic acid groups (broad SMARTS) is 2. The predicted octanol–water partition coefficient (Wildman–Crippen LogP) is 6.44. The van der Waals surface area contributed by atoms with Crippen molar-refractivity contribution in [3.63, 3.8) is 0 Å². The minimum atomic E-state index is -1.13. The summed E-state index contributed by atoms with van der Waals surface area (Å²) in [4.78, 5) is 82.2. The fraction of sp³-hybridized carbons (Fsp3) is 0.390. The molecular formula is C41H46N4O11. The topological polar surface area (TPSA) is 215 Å². The third-order valence-electron chi connectivity index (χ3n) is 9.14. The lowest BCUT2D eigenvalue weighted by molar-refractivity contribution is -0.151. The van der Waals surface area contributed by atoms with Gasteiger partial charge in [-0.25, -0.2) is 28.9 Å². The number of anilines is 1. The number of aliphatic imine (C=N–C) groups is 1. The Morgan fingerprint density at radius 1 is 0.839 bits per heavy atom. The number of rotatable bonds is 7. The summed E-state index contributed by atoms with van der Waals surface area (Å²) in [5.41, 5.74) is 7.80. The van der Waals surface area contributed by atoms with E-state index < -0.39 is 53.3 Å². The molecule has 0 saturated heterocycles. The molecule has 1 aliphatic heterocycles. The molecule has 0 spiro atoms. The van der Waals surface area contributed by atoms with Crippen molar-refractivity contribution < 1.29 is 53.2 Å². The molecule has 15 heteroatoms. The van der Waals surface area contributed by atoms with Gasteiger partial charge in [0.15, 0.2) is 0 Å². The lowest BCUT2D eigenvalue weighted by Gasteiger charge is -2.36. The lowest BCUT2D eigenvalue weighted by Crippen LogP contribution is -2.49. The minimum Gasteiger partial charge on any atom is -0.480 e. The molecule has 0 aromatic heterocycles. The second kappa shape index (κ2) is 16.2. The van der Waals surface area contributed by atoms with Crippen molar-refractivity contribution in [1.82, 2.24) is 4.90 Å². The molecule has 56 heavy (non-hydrogen) atoms. The molecule has 3 aromatic rings. The van der Waals surface area contributed by atoms with E-state index in [-0.39, 0.29) is 53.8 Å². The van der Waals surface area contributed by atoms with E-state index in [1.807, 2.05) is 6.07 Å². The molecule has 5 rings (SSSR count). The Morgan fingerprint density at radius 2 is 1.50 bits per heavy atom. The zero-order valence-electron chi connectivity index (χ0n) is 32.2. The summed E-state index contributed by atoms with van der Waals surface area (Å²) in [6.45, 7) is 9.94. The van der Waals surface area contributed by atoms with Crippen molar-refractivity contribution in [3.8, 4) is 5.75 Å². The van der Waals surface area contributed by atoms with Crippen LogP contribution in [0.4, 0.5) is 15.3 Å². The minimum absolute atomic E-state index is 0.00616. The second-order valence-electron chi connectivity index (χ2n) is 15.7. The van der Waals surface area contributed by atoms with E-state index in [9.17, 15) is 39.0 Å². The van der Waals surface area contributed by atoms with Crippen LogP contribution >= 0.6 is 0 Å². The van der Waals surface area contributed by atoms with Gasteiger partial charge in [-0.05, 0) is 138 Å². The number of benzene rings is 3. The van der Waals surface area contributed by atoms with E-state index in [4.69, 9.17) is 19.9 Å². The van der Waals surface area contributed by atoms with Crippen LogP contribution in [0.5, 0.6) is 5.75 Å². The van der Waals surface area contributed by atoms with E-state index in [0.29, 0.717) is 24.0 Å². The molecule has 1 heterocycles. The van der Waals surface area contributed by atoms with E-state index in [1.54, 1.807) is 59.7 Å². The van der Waals surface area contributed by atoms with E-state index in [1.165, 1.54) is 41.3 Å². The van der Waals surface area contributed by atoms with Gasteiger partial charge >= 0.3 is 30.1 Å². The number of ether oxygens (including phenoxy) is 3. The average Bonchev–Trinajstić information content (AvgIpc) is 3.09. The number of hydrogen-bond donors (Lipinski definition) is 3. The molecule has 3 amide bonds. The second-order valence-corrected chi connectivity index (χ2v) is 15.7. The highest BCUT2D eigenvalue weighted by molar-refractivity contribution is 6.15. The van der Waals surface area contributed by atoms with Gasteiger partial charge in [-0.2, -0.15) is 0 Å². The highest BCUT2D eigenvalue weighted by Crippen LogP contribution is 2.37. The lowest BCUT2D eigenvalue weighted by atomic mass is 9.80. The molecule has 296 valence electrons. The largest absolute Gasteiger partial charge is 0.480 e. The number of carbonyl (C=O) groups is 6. The van der Waals surface area contributed by atoms with Crippen molar-refractivity contribution in [1.29, 1.82) is 0 Å². The summed E-state index contributed by atoms with van der Waals surface area (Å²) < 4.78 is 16.4. The normalized spacial score (nSPS) is 16.8. The van der Waals surface area contributed by atoms with Crippen molar-refractivity contribution in [2.45, 2.75) is 103 Å². The number of amides is 3. The smallest absolute Gasteiger partial charge is 0.437 e. The summed E-state index contributed by atoms with van der Waals surface area (Å²) in [7, 11) is 0. The molecule has 0 saturated carbocycles. The SMILES string of the molecule is CC(C)(C)OC(=O)N=C(N)N(C(=O)OC(C)(C)C)c1ccc(C(=O)Oc2ccc3c(c2)CCCC3CC(=O)N2Cc3cc(C(=O)O)ccc3C[C@@H]2C(=O)O)cc1. The zero-order valence-corrected chi connectivity index (χ0v) is 32.2. The van der Waals surface area contributed by atoms with E-state index in [0.717, 1.165) is 22.4 Å². The number of nitrogens with zero attached hydrogens (tertiary/aromatic N) is 3. The average molecular weight is 771 g/mol. The van der Waals surface area contributed by atoms with Crippen LogP contribution in [0.3, 0.4) is 0 Å². The number of aliphatic carboxylic acids is 1. The molecule has 2 atom stereocenters. The van der Waals surface area contributed by atoms with Gasteiger partial charge in [0.1, 0.15) is 23.0 Å². The maximum Gasteiger partial charge on any atom is 0.437 e. The van der Waals surface area contributed by atoms with Crippen LogP contribution in [0.15, 0.2) is 65.7 Å². The highest BCUT2D eigenvalue weighted by Gasteiger charge is 2.36. The number of aromatic carboxylic acids is 1. The first-order chi connectivity index (χ1) is 26.2. The van der Waals surface area contributed by atoms with Crippen LogP contribution in [-0.4, -0.2) is 74.3 Å². The highest BCUT2D eigenvalue weighted by atomic mass is 16.6. The monoisotopic (exact) mass is 770 g/mol. The van der Waals surface area contributed by atoms with Gasteiger partial charge in [-0.1, -0.05) is 12.1 Å². The predicted molar refractivity (Wildman–Crippen MR) is 204 cm³/mol. The standard InChI is InChI=1S/C41H46N4O11/c1-40(2,3)55-38(52)43-37(42)45(39(53)56-41(4,5)6)29-14-12-23(13-15-29)36(51)54-30-16-17-31-25(19-30)8-7-9-26(31)21-33(46)44-22-28-18-27(34(47)48)11-10-24(28)20-32(44)35(49)50/h10-19,26,32H,7-9,20-22H2,1-6H3,(H,47,48)(H,49,50)(H2,42,43,52)/t26?,32-/m1/s1. The quantitative estimate of drug-likeness (QED) is 0.102. The first-order valence-corrected chi connectivity index (χ1v) is 18.1. The van der Waals surface area contributed by atoms with E-state index in [2.05, 4.69) is 4.99 Å². The van der Waals surface area contributed by atoms with Crippen LogP contribution in [0.1, 0.15) is 110 Å². The maximum atomic E-state index is 13.7. The molecule has 15 nitrogen and oxygen atoms in total. The Balaban J connectivity index is 1.29. The molecule has 1 unspecified atom stereocenters. The summed E-state index contributed by atoms with van der Waals surface area (Å²) >= 11 is 0. The van der Waals surface area contributed by atoms with Crippen molar-refractivity contribution in [2.75, 3.05) is 4.90 Å². The molecule has 3 aromatic carbocycles. The first kappa shape index (κ1) is 40.9. The molecule has 4 N–H and O–H groups in total. The van der Waals surface area contributed by atoms with Gasteiger partial charge in [-0.3, -0.25) is 4.79 Å². The van der Waals surface area contributed by atoms with Gasteiger partial charge in [0.05, 0.1) is 16.8 Å². The fourth-order valence-electron chi connectivity index (χ4n) is 6.67. The number of aryl methyl sites for hydroxylation is 1. The van der Waals surface area contributed by atoms with Crippen LogP contribution in [-0.2, 0) is 38.4 Å². The number of carbonyl (C=O) groups excluding carboxylic acids is 4. The van der Waals surface area contributed by atoms with Crippen LogP contribution in [0.25, 0.3) is 0 Å². The Hall–Kier alpha value is -6.25. The molecule has 0 radical (unpaired) electrons. The molecule has 1 aliphatic carbocycles. The first-order valence-electron chi connectivity index (χ1n) is 18.1. The van der Waals surface area contributed by atoms with Gasteiger partial charge in [0.25, 0.3) is 0 Å². The molecule has 0 bridgehead atoms. The van der Waals surface area contributed by atoms with Crippen molar-refractivity contribution >= 4 is 47.6 Å². The summed E-state index contributed by atoms with van der Waals surface area (Å²) in [6.07, 6.45) is 0.346. The zero-order chi connectivity index (χ0) is 41.1.